The van der Waals surface area contributed by atoms with Crippen LogP contribution in [-0.2, 0) is 20.8 Å². The van der Waals surface area contributed by atoms with E-state index in [9.17, 15) is 14.4 Å². The Morgan fingerprint density at radius 3 is 1.93 bits per heavy atom. The molecule has 0 radical (unpaired) electrons. The standard InChI is InChI=1S/C33H53N7O3/c1-38(2)29(34)25-16-12-22(13-17-25)20-27(33(43)40(5)6)31(41)37-28(24-10-8-7-9-11-24)32(42)36-21-23-14-18-26(19-15-23)30(35)39(3)4/h12-13,16-17,23-24,26-28,34-35H,7-11,14-15,18-21H2,1-6H3,(H,36,42)(H,37,41)/t23?,26?,27?,28-/m0/s1. The number of carbonyl (C=O) groups is 3. The molecule has 2 aliphatic carbocycles. The highest BCUT2D eigenvalue weighted by molar-refractivity contribution is 6.02. The van der Waals surface area contributed by atoms with Crippen molar-refractivity contribution < 1.29 is 14.4 Å². The Bertz CT molecular complexity index is 1120. The first-order valence-corrected chi connectivity index (χ1v) is 15.8. The molecular weight excluding hydrogens is 542 g/mol. The number of nitrogens with zero attached hydrogens (tertiary/aromatic N) is 3. The van der Waals surface area contributed by atoms with Crippen molar-refractivity contribution >= 4 is 29.4 Å². The molecule has 4 N–H and O–H groups in total. The number of amides is 3. The predicted molar refractivity (Wildman–Crippen MR) is 171 cm³/mol. The van der Waals surface area contributed by atoms with Crippen molar-refractivity contribution in [3.8, 4) is 0 Å². The molecule has 3 amide bonds. The van der Waals surface area contributed by atoms with Crippen LogP contribution < -0.4 is 10.6 Å². The Labute approximate surface area is 258 Å². The third-order valence-corrected chi connectivity index (χ3v) is 9.15. The summed E-state index contributed by atoms with van der Waals surface area (Å²) in [7, 11) is 10.7. The molecule has 43 heavy (non-hydrogen) atoms. The molecule has 0 bridgehead atoms. The van der Waals surface area contributed by atoms with Crippen LogP contribution in [0.2, 0.25) is 0 Å². The smallest absolute Gasteiger partial charge is 0.242 e. The van der Waals surface area contributed by atoms with Crippen LogP contribution in [0, 0.1) is 34.5 Å². The van der Waals surface area contributed by atoms with Crippen LogP contribution in [0.15, 0.2) is 24.3 Å². The molecule has 10 heteroatoms. The Hall–Kier alpha value is -3.43. The van der Waals surface area contributed by atoms with E-state index in [1.807, 2.05) is 57.4 Å². The van der Waals surface area contributed by atoms with Crippen LogP contribution in [0.3, 0.4) is 0 Å². The molecular formula is C33H53N7O3. The summed E-state index contributed by atoms with van der Waals surface area (Å²) in [6, 6.07) is 6.71. The highest BCUT2D eigenvalue weighted by atomic mass is 16.2. The molecule has 3 rings (SSSR count). The Balaban J connectivity index is 1.69. The molecule has 1 aromatic carbocycles. The monoisotopic (exact) mass is 595 g/mol. The highest BCUT2D eigenvalue weighted by Crippen LogP contribution is 2.30. The average Bonchev–Trinajstić information content (AvgIpc) is 3.00. The lowest BCUT2D eigenvalue weighted by Crippen LogP contribution is -2.55. The van der Waals surface area contributed by atoms with E-state index >= 15 is 0 Å². The summed E-state index contributed by atoms with van der Waals surface area (Å²) in [6.45, 7) is 0.564. The van der Waals surface area contributed by atoms with E-state index in [0.717, 1.165) is 68.9 Å². The molecule has 0 heterocycles. The Kier molecular flexibility index (Phi) is 12.6. The summed E-state index contributed by atoms with van der Waals surface area (Å²) in [5, 5.41) is 22.7. The third kappa shape index (κ3) is 9.53. The van der Waals surface area contributed by atoms with Crippen molar-refractivity contribution in [3.63, 3.8) is 0 Å². The maximum atomic E-state index is 13.8. The summed E-state index contributed by atoms with van der Waals surface area (Å²) in [5.74, 6) is -0.109. The fourth-order valence-electron chi connectivity index (χ4n) is 6.38. The molecule has 0 aromatic heterocycles. The second-order valence-electron chi connectivity index (χ2n) is 13.1. The third-order valence-electron chi connectivity index (χ3n) is 9.15. The lowest BCUT2D eigenvalue weighted by atomic mass is 9.80. The van der Waals surface area contributed by atoms with Crippen LogP contribution in [0.25, 0.3) is 0 Å². The van der Waals surface area contributed by atoms with Crippen molar-refractivity contribution in [1.82, 2.24) is 25.3 Å². The van der Waals surface area contributed by atoms with Gasteiger partial charge in [-0.3, -0.25) is 25.2 Å². The molecule has 0 aliphatic heterocycles. The Morgan fingerprint density at radius 2 is 1.40 bits per heavy atom. The van der Waals surface area contributed by atoms with Crippen LogP contribution >= 0.6 is 0 Å². The van der Waals surface area contributed by atoms with Crippen molar-refractivity contribution in [2.75, 3.05) is 48.8 Å². The highest BCUT2D eigenvalue weighted by Gasteiger charge is 2.36. The molecule has 10 nitrogen and oxygen atoms in total. The van der Waals surface area contributed by atoms with Gasteiger partial charge in [0.2, 0.25) is 17.7 Å². The summed E-state index contributed by atoms with van der Waals surface area (Å²) < 4.78 is 0. The molecule has 2 fully saturated rings. The number of hydrogen-bond donors (Lipinski definition) is 4. The molecule has 238 valence electrons. The zero-order chi connectivity index (χ0) is 31.7. The average molecular weight is 596 g/mol. The van der Waals surface area contributed by atoms with Gasteiger partial charge in [0.15, 0.2) is 0 Å². The molecule has 1 unspecified atom stereocenters. The van der Waals surface area contributed by atoms with Gasteiger partial charge >= 0.3 is 0 Å². The molecule has 0 spiro atoms. The van der Waals surface area contributed by atoms with Gasteiger partial charge < -0.3 is 25.3 Å². The van der Waals surface area contributed by atoms with Crippen molar-refractivity contribution in [2.45, 2.75) is 70.3 Å². The van der Waals surface area contributed by atoms with Gasteiger partial charge in [0.25, 0.3) is 0 Å². The Morgan fingerprint density at radius 1 is 0.791 bits per heavy atom. The summed E-state index contributed by atoms with van der Waals surface area (Å²) in [6.07, 6.45) is 8.99. The van der Waals surface area contributed by atoms with Crippen molar-refractivity contribution in [2.24, 2.45) is 23.7 Å². The quantitative estimate of drug-likeness (QED) is 0.177. The van der Waals surface area contributed by atoms with Crippen LogP contribution in [0.4, 0.5) is 0 Å². The second-order valence-corrected chi connectivity index (χ2v) is 13.1. The topological polar surface area (TPSA) is 133 Å². The predicted octanol–water partition coefficient (Wildman–Crippen LogP) is 3.35. The van der Waals surface area contributed by atoms with Gasteiger partial charge in [-0.25, -0.2) is 0 Å². The summed E-state index contributed by atoms with van der Waals surface area (Å²) >= 11 is 0. The fourth-order valence-corrected chi connectivity index (χ4v) is 6.38. The number of benzene rings is 1. The van der Waals surface area contributed by atoms with E-state index in [0.29, 0.717) is 24.1 Å². The lowest BCUT2D eigenvalue weighted by Gasteiger charge is -2.33. The minimum absolute atomic E-state index is 0.0421. The van der Waals surface area contributed by atoms with Gasteiger partial charge in [-0.2, -0.15) is 0 Å². The maximum absolute atomic E-state index is 13.8. The number of amidine groups is 2. The number of carbonyl (C=O) groups excluding carboxylic acids is 3. The van der Waals surface area contributed by atoms with Gasteiger partial charge in [0, 0.05) is 60.3 Å². The summed E-state index contributed by atoms with van der Waals surface area (Å²) in [4.78, 5) is 45.7. The first kappa shape index (κ1) is 34.1. The SMILES string of the molecule is CN(C)C(=N)c1ccc(CC(C(=O)N[C@H](C(=O)NCC2CCC(C(=N)N(C)C)CC2)C2CCCCC2)C(=O)N(C)C)cc1. The molecule has 0 saturated heterocycles. The first-order chi connectivity index (χ1) is 20.4. The fraction of sp³-hybridized carbons (Fsp3) is 0.667. The van der Waals surface area contributed by atoms with Crippen LogP contribution in [0.5, 0.6) is 0 Å². The van der Waals surface area contributed by atoms with Crippen LogP contribution in [0.1, 0.15) is 68.9 Å². The van der Waals surface area contributed by atoms with Gasteiger partial charge in [-0.15, -0.1) is 0 Å². The number of hydrogen-bond acceptors (Lipinski definition) is 5. The molecule has 1 aromatic rings. The second kappa shape index (κ2) is 15.9. The lowest BCUT2D eigenvalue weighted by molar-refractivity contribution is -0.142. The van der Waals surface area contributed by atoms with Gasteiger partial charge in [0.1, 0.15) is 17.8 Å². The largest absolute Gasteiger partial charge is 0.366 e. The van der Waals surface area contributed by atoms with E-state index in [-0.39, 0.29) is 30.1 Å². The zero-order valence-electron chi connectivity index (χ0n) is 27.0. The molecule has 2 aliphatic rings. The van der Waals surface area contributed by atoms with E-state index in [1.165, 1.54) is 4.90 Å². The van der Waals surface area contributed by atoms with E-state index in [2.05, 4.69) is 10.6 Å². The van der Waals surface area contributed by atoms with Crippen molar-refractivity contribution in [1.29, 1.82) is 10.8 Å². The zero-order valence-corrected chi connectivity index (χ0v) is 27.0. The summed E-state index contributed by atoms with van der Waals surface area (Å²) in [5.41, 5.74) is 1.58. The van der Waals surface area contributed by atoms with Crippen LogP contribution in [-0.4, -0.2) is 99.0 Å². The minimum atomic E-state index is -0.963. The van der Waals surface area contributed by atoms with Gasteiger partial charge in [0.05, 0.1) is 5.84 Å². The number of rotatable bonds is 11. The molecule has 2 saturated carbocycles. The minimum Gasteiger partial charge on any atom is -0.366 e. The first-order valence-electron chi connectivity index (χ1n) is 15.8. The van der Waals surface area contributed by atoms with E-state index < -0.39 is 17.9 Å². The molecule has 2 atom stereocenters. The number of nitrogens with one attached hydrogen (secondary N) is 4. The maximum Gasteiger partial charge on any atom is 0.242 e. The normalized spacial score (nSPS) is 20.3. The van der Waals surface area contributed by atoms with E-state index in [4.69, 9.17) is 10.8 Å². The van der Waals surface area contributed by atoms with Crippen molar-refractivity contribution in [3.05, 3.63) is 35.4 Å². The van der Waals surface area contributed by atoms with Gasteiger partial charge in [-0.05, 0) is 62.3 Å². The van der Waals surface area contributed by atoms with E-state index in [1.54, 1.807) is 19.0 Å². The van der Waals surface area contributed by atoms with Gasteiger partial charge in [-0.1, -0.05) is 43.5 Å².